The van der Waals surface area contributed by atoms with Gasteiger partial charge in [0.25, 0.3) is 0 Å². The van der Waals surface area contributed by atoms with Gasteiger partial charge in [-0.15, -0.1) is 0 Å². The van der Waals surface area contributed by atoms with Crippen LogP contribution in [0.25, 0.3) is 0 Å². The SMILES string of the molecule is C[C@]1(COCc2c(Cl)cccc2Cl)[C@@](C)(COCc2c(Cl)cccc2Cl)C(=O)C2=CC(=O)C[C@]21O. The van der Waals surface area contributed by atoms with E-state index < -0.39 is 16.4 Å². The van der Waals surface area contributed by atoms with Crippen molar-refractivity contribution in [1.82, 2.24) is 0 Å². The number of allylic oxidation sites excluding steroid dienone is 1. The highest BCUT2D eigenvalue weighted by Crippen LogP contribution is 2.62. The highest BCUT2D eigenvalue weighted by atomic mass is 35.5. The number of aliphatic hydroxyl groups is 1. The van der Waals surface area contributed by atoms with Crippen molar-refractivity contribution in [2.24, 2.45) is 10.8 Å². The van der Waals surface area contributed by atoms with Crippen LogP contribution in [0.2, 0.25) is 20.1 Å². The summed E-state index contributed by atoms with van der Waals surface area (Å²) in [6, 6.07) is 10.3. The lowest BCUT2D eigenvalue weighted by Crippen LogP contribution is -2.54. The smallest absolute Gasteiger partial charge is 0.170 e. The predicted octanol–water partition coefficient (Wildman–Crippen LogP) is 6.26. The monoisotopic (exact) mass is 556 g/mol. The van der Waals surface area contributed by atoms with Gasteiger partial charge in [-0.25, -0.2) is 0 Å². The molecule has 3 atom stereocenters. The first-order chi connectivity index (χ1) is 16.4. The van der Waals surface area contributed by atoms with Crippen LogP contribution >= 0.6 is 46.4 Å². The van der Waals surface area contributed by atoms with Crippen molar-refractivity contribution in [3.63, 3.8) is 0 Å². The lowest BCUT2D eigenvalue weighted by Gasteiger charge is -2.45. The van der Waals surface area contributed by atoms with Crippen LogP contribution in [-0.2, 0) is 32.3 Å². The molecule has 186 valence electrons. The number of fused-ring (bicyclic) bond motifs is 1. The Labute approximate surface area is 223 Å². The predicted molar refractivity (Wildman–Crippen MR) is 136 cm³/mol. The molecule has 0 aliphatic heterocycles. The van der Waals surface area contributed by atoms with E-state index in [0.29, 0.717) is 31.2 Å². The second kappa shape index (κ2) is 9.79. The molecule has 2 aliphatic rings. The minimum Gasteiger partial charge on any atom is -0.384 e. The van der Waals surface area contributed by atoms with Crippen LogP contribution in [0.3, 0.4) is 0 Å². The Hall–Kier alpha value is -1.44. The molecule has 0 saturated heterocycles. The molecule has 35 heavy (non-hydrogen) atoms. The number of halogens is 4. The minimum absolute atomic E-state index is 0.0475. The third-order valence-corrected chi connectivity index (χ3v) is 8.87. The van der Waals surface area contributed by atoms with Gasteiger partial charge in [0.2, 0.25) is 0 Å². The van der Waals surface area contributed by atoms with Gasteiger partial charge in [-0.2, -0.15) is 0 Å². The summed E-state index contributed by atoms with van der Waals surface area (Å²) < 4.78 is 12.0. The maximum atomic E-state index is 13.6. The first-order valence-corrected chi connectivity index (χ1v) is 12.5. The van der Waals surface area contributed by atoms with E-state index in [1.165, 1.54) is 6.08 Å². The van der Waals surface area contributed by atoms with Crippen molar-refractivity contribution < 1.29 is 24.2 Å². The van der Waals surface area contributed by atoms with E-state index in [2.05, 4.69) is 0 Å². The molecule has 2 aromatic carbocycles. The summed E-state index contributed by atoms with van der Waals surface area (Å²) in [4.78, 5) is 25.8. The fourth-order valence-electron chi connectivity index (χ4n) is 4.99. The Morgan fingerprint density at radius 2 is 1.29 bits per heavy atom. The maximum absolute atomic E-state index is 13.6. The molecule has 9 heteroatoms. The molecule has 0 radical (unpaired) electrons. The molecule has 1 saturated carbocycles. The number of hydrogen-bond donors (Lipinski definition) is 1. The van der Waals surface area contributed by atoms with Crippen LogP contribution in [-0.4, -0.2) is 35.5 Å². The summed E-state index contributed by atoms with van der Waals surface area (Å²) in [5, 5.41) is 13.5. The zero-order valence-electron chi connectivity index (χ0n) is 19.2. The van der Waals surface area contributed by atoms with Gasteiger partial charge in [0.15, 0.2) is 11.6 Å². The van der Waals surface area contributed by atoms with Gasteiger partial charge < -0.3 is 14.6 Å². The van der Waals surface area contributed by atoms with Crippen LogP contribution in [0.5, 0.6) is 0 Å². The zero-order chi connectivity index (χ0) is 25.6. The Morgan fingerprint density at radius 3 is 1.77 bits per heavy atom. The Morgan fingerprint density at radius 1 is 0.829 bits per heavy atom. The van der Waals surface area contributed by atoms with Crippen LogP contribution in [0.15, 0.2) is 48.0 Å². The summed E-state index contributed by atoms with van der Waals surface area (Å²) in [6.07, 6.45) is 1.04. The second-order valence-electron chi connectivity index (χ2n) is 9.44. The summed E-state index contributed by atoms with van der Waals surface area (Å²) in [5.41, 5.74) is -2.79. The van der Waals surface area contributed by atoms with Crippen molar-refractivity contribution >= 4 is 58.0 Å². The van der Waals surface area contributed by atoms with E-state index in [0.717, 1.165) is 0 Å². The minimum atomic E-state index is -1.69. The van der Waals surface area contributed by atoms with E-state index in [4.69, 9.17) is 55.9 Å². The van der Waals surface area contributed by atoms with Crippen molar-refractivity contribution in [2.75, 3.05) is 13.2 Å². The Balaban J connectivity index is 1.60. The first-order valence-electron chi connectivity index (χ1n) is 11.0. The zero-order valence-corrected chi connectivity index (χ0v) is 22.2. The average molecular weight is 558 g/mol. The fraction of sp³-hybridized carbons (Fsp3) is 0.385. The lowest BCUT2D eigenvalue weighted by atomic mass is 9.62. The van der Waals surface area contributed by atoms with Crippen molar-refractivity contribution in [1.29, 1.82) is 0 Å². The van der Waals surface area contributed by atoms with Gasteiger partial charge in [-0.3, -0.25) is 9.59 Å². The Kier molecular flexibility index (Phi) is 7.44. The number of Topliss-reactive ketones (excluding diaryl/α,β-unsaturated/α-hetero) is 1. The molecule has 1 fully saturated rings. The average Bonchev–Trinajstić information content (AvgIpc) is 3.16. The molecule has 2 aromatic rings. The van der Waals surface area contributed by atoms with Crippen LogP contribution in [0.1, 0.15) is 31.4 Å². The number of carbonyl (C=O) groups excluding carboxylic acids is 2. The van der Waals surface area contributed by atoms with E-state index in [1.807, 2.05) is 0 Å². The van der Waals surface area contributed by atoms with Crippen LogP contribution in [0, 0.1) is 10.8 Å². The van der Waals surface area contributed by atoms with Gasteiger partial charge in [-0.1, -0.05) is 65.5 Å². The number of rotatable bonds is 8. The molecular formula is C26H24Cl4O5. The molecule has 0 unspecified atom stereocenters. The third-order valence-electron chi connectivity index (χ3n) is 7.46. The van der Waals surface area contributed by atoms with E-state index in [9.17, 15) is 14.7 Å². The molecule has 0 spiro atoms. The summed E-state index contributed by atoms with van der Waals surface area (Å²) in [6.45, 7) is 3.50. The molecule has 2 aliphatic carbocycles. The topological polar surface area (TPSA) is 72.8 Å². The number of hydrogen-bond acceptors (Lipinski definition) is 5. The molecule has 5 nitrogen and oxygen atoms in total. The van der Waals surface area contributed by atoms with E-state index in [1.54, 1.807) is 50.2 Å². The number of ether oxygens (including phenoxy) is 2. The molecule has 1 N–H and O–H groups in total. The molecular weight excluding hydrogens is 534 g/mol. The van der Waals surface area contributed by atoms with E-state index in [-0.39, 0.29) is 50.0 Å². The largest absolute Gasteiger partial charge is 0.384 e. The molecule has 0 bridgehead atoms. The molecule has 4 rings (SSSR count). The van der Waals surface area contributed by atoms with E-state index >= 15 is 0 Å². The van der Waals surface area contributed by atoms with Gasteiger partial charge >= 0.3 is 0 Å². The third kappa shape index (κ3) is 4.36. The Bertz CT molecular complexity index is 1190. The van der Waals surface area contributed by atoms with Gasteiger partial charge in [0, 0.05) is 48.6 Å². The molecule has 0 heterocycles. The highest BCUT2D eigenvalue weighted by Gasteiger charge is 2.72. The quantitative estimate of drug-likeness (QED) is 0.414. The normalized spacial score (nSPS) is 27.9. The second-order valence-corrected chi connectivity index (χ2v) is 11.1. The van der Waals surface area contributed by atoms with Gasteiger partial charge in [-0.05, 0) is 37.3 Å². The van der Waals surface area contributed by atoms with Crippen molar-refractivity contribution in [2.45, 2.75) is 39.1 Å². The highest BCUT2D eigenvalue weighted by molar-refractivity contribution is 6.36. The fourth-order valence-corrected chi connectivity index (χ4v) is 6.00. The van der Waals surface area contributed by atoms with Gasteiger partial charge in [0.05, 0.1) is 31.8 Å². The van der Waals surface area contributed by atoms with Crippen molar-refractivity contribution in [3.05, 3.63) is 79.3 Å². The standard InChI is InChI=1S/C26H24Cl4O5/c1-24(13-34-11-16-19(27)5-3-6-20(16)28)23(32)18-9-15(31)10-26(18,33)25(24,2)14-35-12-17-21(29)7-4-8-22(17)30/h3-9,33H,10-14H2,1-2H3/t24-,25-,26-/m0/s1. The lowest BCUT2D eigenvalue weighted by molar-refractivity contribution is -0.159. The molecule has 0 aromatic heterocycles. The van der Waals surface area contributed by atoms with Crippen LogP contribution < -0.4 is 0 Å². The maximum Gasteiger partial charge on any atom is 0.170 e. The van der Waals surface area contributed by atoms with Crippen LogP contribution in [0.4, 0.5) is 0 Å². The van der Waals surface area contributed by atoms with Crippen molar-refractivity contribution in [3.8, 4) is 0 Å². The summed E-state index contributed by atoms with van der Waals surface area (Å²) >= 11 is 25.0. The number of benzene rings is 2. The number of ketones is 2. The molecule has 0 amide bonds. The van der Waals surface area contributed by atoms with Gasteiger partial charge in [0.1, 0.15) is 5.60 Å². The summed E-state index contributed by atoms with van der Waals surface area (Å²) in [7, 11) is 0. The number of carbonyl (C=O) groups is 2. The first kappa shape index (κ1) is 26.6. The summed E-state index contributed by atoms with van der Waals surface area (Å²) in [5.74, 6) is -0.653.